The van der Waals surface area contributed by atoms with Crippen molar-refractivity contribution < 1.29 is 19.2 Å². The summed E-state index contributed by atoms with van der Waals surface area (Å²) in [5.74, 6) is -0.501. The Hall–Kier alpha value is -1.14. The van der Waals surface area contributed by atoms with Crippen molar-refractivity contribution in [3.8, 4) is 0 Å². The van der Waals surface area contributed by atoms with Crippen molar-refractivity contribution >= 4 is 45.5 Å². The van der Waals surface area contributed by atoms with Crippen LogP contribution in [0.1, 0.15) is 25.7 Å². The molecule has 2 amide bonds. The lowest BCUT2D eigenvalue weighted by molar-refractivity contribution is -0.141. The summed E-state index contributed by atoms with van der Waals surface area (Å²) in [7, 11) is 0. The maximum absolute atomic E-state index is 11.7. The average Bonchev–Trinajstić information content (AvgIpc) is 2.85. The lowest BCUT2D eigenvalue weighted by Crippen LogP contribution is -2.49. The molecule has 0 aromatic heterocycles. The predicted octanol–water partition coefficient (Wildman–Crippen LogP) is 0.457. The van der Waals surface area contributed by atoms with E-state index in [-0.39, 0.29) is 31.3 Å². The van der Waals surface area contributed by atoms with Gasteiger partial charge < -0.3 is 9.80 Å². The molecule has 0 aromatic carbocycles. The topological polar surface area (TPSA) is 74.8 Å². The lowest BCUT2D eigenvalue weighted by atomic mass is 10.2. The highest BCUT2D eigenvalue weighted by Gasteiger charge is 2.41. The van der Waals surface area contributed by atoms with E-state index in [4.69, 9.17) is 23.2 Å². The number of carbonyl (C=O) groups is 4. The highest BCUT2D eigenvalue weighted by atomic mass is 35.5. The molecule has 2 rings (SSSR count). The molecule has 0 spiro atoms. The molecule has 0 aromatic rings. The number of hydrogen-bond donors (Lipinski definition) is 0. The first-order valence-corrected chi connectivity index (χ1v) is 6.65. The minimum Gasteiger partial charge on any atom is -0.313 e. The summed E-state index contributed by atoms with van der Waals surface area (Å²) in [6, 6.07) is -1.46. The molecule has 2 unspecified atom stereocenters. The Morgan fingerprint density at radius 1 is 0.947 bits per heavy atom. The summed E-state index contributed by atoms with van der Waals surface area (Å²) in [6.07, 6.45) is 1.10. The molecule has 0 saturated carbocycles. The van der Waals surface area contributed by atoms with Gasteiger partial charge in [-0.25, -0.2) is 0 Å². The van der Waals surface area contributed by atoms with Gasteiger partial charge in [-0.3, -0.25) is 19.2 Å². The highest BCUT2D eigenvalue weighted by molar-refractivity contribution is 6.65. The standard InChI is InChI=1S/C11H12Cl2N2O4/c12-10(18)6-1-3-8(16)14(6)5-15-7(11(13)19)2-4-9(15)17/h6-7H,1-5H2. The van der Waals surface area contributed by atoms with Gasteiger partial charge in [0.25, 0.3) is 0 Å². The smallest absolute Gasteiger partial charge is 0.244 e. The van der Waals surface area contributed by atoms with Gasteiger partial charge >= 0.3 is 0 Å². The van der Waals surface area contributed by atoms with Crippen molar-refractivity contribution in [2.45, 2.75) is 37.8 Å². The second-order valence-corrected chi connectivity index (χ2v) is 5.33. The van der Waals surface area contributed by atoms with E-state index in [1.54, 1.807) is 0 Å². The number of hydrogen-bond acceptors (Lipinski definition) is 4. The van der Waals surface area contributed by atoms with Gasteiger partial charge in [-0.1, -0.05) is 0 Å². The van der Waals surface area contributed by atoms with Crippen LogP contribution < -0.4 is 0 Å². The van der Waals surface area contributed by atoms with Crippen LogP contribution in [0.2, 0.25) is 0 Å². The summed E-state index contributed by atoms with van der Waals surface area (Å²) in [5, 5.41) is -1.27. The zero-order chi connectivity index (χ0) is 14.2. The first-order chi connectivity index (χ1) is 8.91. The van der Waals surface area contributed by atoms with Crippen LogP contribution in [-0.2, 0) is 19.2 Å². The Bertz CT molecular complexity index is 414. The molecule has 2 fully saturated rings. The molecular formula is C11H12Cl2N2O4. The fraction of sp³-hybridized carbons (Fsp3) is 0.636. The quantitative estimate of drug-likeness (QED) is 0.707. The second kappa shape index (κ2) is 5.46. The molecule has 19 heavy (non-hydrogen) atoms. The number of nitrogens with zero attached hydrogens (tertiary/aromatic N) is 2. The Labute approximate surface area is 119 Å². The van der Waals surface area contributed by atoms with Gasteiger partial charge in [-0.2, -0.15) is 0 Å². The summed E-state index contributed by atoms with van der Waals surface area (Å²) < 4.78 is 0. The Kier molecular flexibility index (Phi) is 4.10. The van der Waals surface area contributed by atoms with Crippen molar-refractivity contribution in [1.82, 2.24) is 9.80 Å². The number of likely N-dealkylation sites (tertiary alicyclic amines) is 2. The summed E-state index contributed by atoms with van der Waals surface area (Å²) in [6.45, 7) is -0.107. The van der Waals surface area contributed by atoms with E-state index in [2.05, 4.69) is 0 Å². The molecule has 2 heterocycles. The van der Waals surface area contributed by atoms with Crippen LogP contribution in [0.3, 0.4) is 0 Å². The molecule has 0 aliphatic carbocycles. The third-order valence-electron chi connectivity index (χ3n) is 3.49. The number of carbonyl (C=O) groups excluding carboxylic acids is 4. The van der Waals surface area contributed by atoms with Crippen LogP contribution in [0.4, 0.5) is 0 Å². The fourth-order valence-corrected chi connectivity index (χ4v) is 2.91. The van der Waals surface area contributed by atoms with Gasteiger partial charge in [0.2, 0.25) is 22.3 Å². The minimum absolute atomic E-state index is 0.107. The van der Waals surface area contributed by atoms with E-state index >= 15 is 0 Å². The summed E-state index contributed by atoms with van der Waals surface area (Å²) in [5.41, 5.74) is 0. The van der Waals surface area contributed by atoms with Crippen molar-refractivity contribution in [2.24, 2.45) is 0 Å². The van der Waals surface area contributed by atoms with Crippen LogP contribution in [-0.4, -0.2) is 50.9 Å². The van der Waals surface area contributed by atoms with Crippen molar-refractivity contribution in [1.29, 1.82) is 0 Å². The van der Waals surface area contributed by atoms with E-state index in [0.29, 0.717) is 12.8 Å². The van der Waals surface area contributed by atoms with Crippen LogP contribution in [0, 0.1) is 0 Å². The maximum Gasteiger partial charge on any atom is 0.244 e. The highest BCUT2D eigenvalue weighted by Crippen LogP contribution is 2.26. The van der Waals surface area contributed by atoms with Gasteiger partial charge in [-0.05, 0) is 36.0 Å². The molecular weight excluding hydrogens is 295 g/mol. The van der Waals surface area contributed by atoms with Gasteiger partial charge in [0, 0.05) is 12.8 Å². The van der Waals surface area contributed by atoms with Crippen molar-refractivity contribution in [2.75, 3.05) is 6.67 Å². The largest absolute Gasteiger partial charge is 0.313 e. The molecule has 0 bridgehead atoms. The Balaban J connectivity index is 2.14. The monoisotopic (exact) mass is 306 g/mol. The van der Waals surface area contributed by atoms with Gasteiger partial charge in [-0.15, -0.1) is 0 Å². The maximum atomic E-state index is 11.7. The van der Waals surface area contributed by atoms with E-state index in [1.807, 2.05) is 0 Å². The van der Waals surface area contributed by atoms with E-state index in [1.165, 1.54) is 9.80 Å². The van der Waals surface area contributed by atoms with Gasteiger partial charge in [0.05, 0.1) is 6.67 Å². The molecule has 2 aliphatic heterocycles. The zero-order valence-electron chi connectivity index (χ0n) is 9.97. The Morgan fingerprint density at radius 3 is 1.63 bits per heavy atom. The first-order valence-electron chi connectivity index (χ1n) is 5.89. The predicted molar refractivity (Wildman–Crippen MR) is 66.3 cm³/mol. The third kappa shape index (κ3) is 2.74. The van der Waals surface area contributed by atoms with Crippen LogP contribution in [0.5, 0.6) is 0 Å². The van der Waals surface area contributed by atoms with Gasteiger partial charge in [0.1, 0.15) is 12.1 Å². The molecule has 0 radical (unpaired) electrons. The van der Waals surface area contributed by atoms with E-state index in [0.717, 1.165) is 0 Å². The third-order valence-corrected chi connectivity index (χ3v) is 3.99. The molecule has 2 saturated heterocycles. The first kappa shape index (κ1) is 14.3. The van der Waals surface area contributed by atoms with Crippen LogP contribution >= 0.6 is 23.2 Å². The van der Waals surface area contributed by atoms with Crippen molar-refractivity contribution in [3.05, 3.63) is 0 Å². The molecule has 2 aliphatic rings. The van der Waals surface area contributed by atoms with Crippen LogP contribution in [0.25, 0.3) is 0 Å². The van der Waals surface area contributed by atoms with E-state index < -0.39 is 22.6 Å². The molecule has 104 valence electrons. The molecule has 2 atom stereocenters. The summed E-state index contributed by atoms with van der Waals surface area (Å²) in [4.78, 5) is 48.4. The zero-order valence-corrected chi connectivity index (χ0v) is 11.5. The molecule has 8 heteroatoms. The Morgan fingerprint density at radius 2 is 1.32 bits per heavy atom. The molecule has 0 N–H and O–H groups in total. The second-order valence-electron chi connectivity index (χ2n) is 4.59. The van der Waals surface area contributed by atoms with Crippen LogP contribution in [0.15, 0.2) is 0 Å². The average molecular weight is 307 g/mol. The van der Waals surface area contributed by atoms with Gasteiger partial charge in [0.15, 0.2) is 0 Å². The SMILES string of the molecule is O=C(Cl)C1CCC(=O)N1CN1C(=O)CCC1C(=O)Cl. The lowest BCUT2D eigenvalue weighted by Gasteiger charge is -2.30. The summed E-state index contributed by atoms with van der Waals surface area (Å²) >= 11 is 10.9. The molecule has 6 nitrogen and oxygen atoms in total. The number of halogens is 2. The van der Waals surface area contributed by atoms with Crippen molar-refractivity contribution in [3.63, 3.8) is 0 Å². The minimum atomic E-state index is -0.728. The number of rotatable bonds is 4. The van der Waals surface area contributed by atoms with E-state index in [9.17, 15) is 19.2 Å². The number of amides is 2. The normalized spacial score (nSPS) is 27.3. The fourth-order valence-electron chi connectivity index (χ4n) is 2.46.